The molecule has 0 radical (unpaired) electrons. The van der Waals surface area contributed by atoms with Crippen LogP contribution in [0.2, 0.25) is 0 Å². The molecule has 1 aliphatic carbocycles. The van der Waals surface area contributed by atoms with Crippen molar-refractivity contribution in [2.45, 2.75) is 43.2 Å². The van der Waals surface area contributed by atoms with Gasteiger partial charge in [-0.25, -0.2) is 0 Å². The van der Waals surface area contributed by atoms with Crippen LogP contribution in [0.1, 0.15) is 30.4 Å². The van der Waals surface area contributed by atoms with E-state index in [0.717, 1.165) is 17.0 Å². The van der Waals surface area contributed by atoms with Crippen LogP contribution in [0.25, 0.3) is 0 Å². The number of hydrogen-bond donors (Lipinski definition) is 1. The Morgan fingerprint density at radius 3 is 3.00 bits per heavy atom. The minimum Gasteiger partial charge on any atom is -0.316 e. The lowest BCUT2D eigenvalue weighted by molar-refractivity contribution is 0.591. The monoisotopic (exact) mass is 235 g/mol. The lowest BCUT2D eigenvalue weighted by Gasteiger charge is -2.18. The Kier molecular flexibility index (Phi) is 4.30. The Hall–Kier alpha value is -0.470. The molecule has 0 aliphatic heterocycles. The summed E-state index contributed by atoms with van der Waals surface area (Å²) in [6, 6.07) is 9.60. The lowest BCUT2D eigenvalue weighted by atomic mass is 10.2. The second kappa shape index (κ2) is 5.74. The van der Waals surface area contributed by atoms with Gasteiger partial charge in [-0.15, -0.1) is 0 Å². The van der Waals surface area contributed by atoms with Gasteiger partial charge >= 0.3 is 0 Å². The molecule has 88 valence electrons. The second-order valence-electron chi connectivity index (χ2n) is 4.66. The molecule has 2 heteroatoms. The molecule has 2 unspecified atom stereocenters. The van der Waals surface area contributed by atoms with Crippen molar-refractivity contribution in [1.29, 1.82) is 0 Å². The molecule has 0 amide bonds. The number of benzene rings is 1. The average Bonchev–Trinajstić information content (AvgIpc) is 2.74. The van der Waals surface area contributed by atoms with Crippen molar-refractivity contribution in [1.82, 2.24) is 5.32 Å². The topological polar surface area (TPSA) is 12.0 Å². The van der Waals surface area contributed by atoms with E-state index in [1.807, 2.05) is 0 Å². The number of hydrogen-bond acceptors (Lipinski definition) is 2. The minimum absolute atomic E-state index is 0.731. The second-order valence-corrected chi connectivity index (χ2v) is 5.89. The summed E-state index contributed by atoms with van der Waals surface area (Å²) in [5.74, 6) is 1.16. The molecule has 0 saturated heterocycles. The van der Waals surface area contributed by atoms with E-state index in [0.29, 0.717) is 0 Å². The fraction of sp³-hybridized carbons (Fsp3) is 0.571. The number of aryl methyl sites for hydroxylation is 1. The van der Waals surface area contributed by atoms with Gasteiger partial charge in [0.25, 0.3) is 0 Å². The molecule has 0 aromatic heterocycles. The van der Waals surface area contributed by atoms with Crippen LogP contribution in [0.15, 0.2) is 24.3 Å². The number of rotatable bonds is 4. The van der Waals surface area contributed by atoms with E-state index in [-0.39, 0.29) is 0 Å². The van der Waals surface area contributed by atoms with E-state index in [4.69, 9.17) is 0 Å². The Labute approximate surface area is 103 Å². The van der Waals surface area contributed by atoms with Gasteiger partial charge < -0.3 is 5.32 Å². The van der Waals surface area contributed by atoms with Crippen molar-refractivity contribution in [3.05, 3.63) is 35.4 Å². The molecular weight excluding hydrogens is 214 g/mol. The maximum atomic E-state index is 3.44. The highest BCUT2D eigenvalue weighted by Gasteiger charge is 2.25. The van der Waals surface area contributed by atoms with Gasteiger partial charge in [-0.05, 0) is 32.4 Å². The molecule has 1 fully saturated rings. The summed E-state index contributed by atoms with van der Waals surface area (Å²) in [6.45, 7) is 2.17. The molecular formula is C14H21NS. The third-order valence-corrected chi connectivity index (χ3v) is 4.86. The maximum Gasteiger partial charge on any atom is 0.0204 e. The van der Waals surface area contributed by atoms with Crippen LogP contribution in [0.4, 0.5) is 0 Å². The van der Waals surface area contributed by atoms with Gasteiger partial charge in [-0.3, -0.25) is 0 Å². The van der Waals surface area contributed by atoms with Gasteiger partial charge in [0.05, 0.1) is 0 Å². The van der Waals surface area contributed by atoms with Gasteiger partial charge in [0.2, 0.25) is 0 Å². The minimum atomic E-state index is 0.731. The molecule has 1 aliphatic rings. The van der Waals surface area contributed by atoms with Crippen LogP contribution in [0.3, 0.4) is 0 Å². The fourth-order valence-corrected chi connectivity index (χ4v) is 3.88. The first kappa shape index (κ1) is 12.0. The van der Waals surface area contributed by atoms with Gasteiger partial charge in [0.15, 0.2) is 0 Å². The quantitative estimate of drug-likeness (QED) is 0.859. The normalized spacial score (nSPS) is 24.9. The summed E-state index contributed by atoms with van der Waals surface area (Å²) in [7, 11) is 2.09. The molecule has 1 N–H and O–H groups in total. The first-order valence-corrected chi connectivity index (χ1v) is 7.19. The Bertz CT molecular complexity index is 337. The molecule has 0 heterocycles. The first-order valence-electron chi connectivity index (χ1n) is 6.14. The van der Waals surface area contributed by atoms with Crippen molar-refractivity contribution in [3.8, 4) is 0 Å². The van der Waals surface area contributed by atoms with E-state index >= 15 is 0 Å². The van der Waals surface area contributed by atoms with Crippen molar-refractivity contribution >= 4 is 11.8 Å². The molecule has 1 aromatic rings. The average molecular weight is 235 g/mol. The summed E-state index contributed by atoms with van der Waals surface area (Å²) in [6.07, 6.45) is 4.11. The SMILES string of the molecule is CNC1CCCC1SCc1cccc(C)c1. The number of thioether (sulfide) groups is 1. The van der Waals surface area contributed by atoms with Crippen LogP contribution in [0.5, 0.6) is 0 Å². The van der Waals surface area contributed by atoms with Crippen LogP contribution in [0, 0.1) is 6.92 Å². The highest BCUT2D eigenvalue weighted by atomic mass is 32.2. The summed E-state index contributed by atoms with van der Waals surface area (Å²) in [5, 5.41) is 4.25. The van der Waals surface area contributed by atoms with Gasteiger partial charge in [-0.2, -0.15) is 11.8 Å². The predicted molar refractivity (Wildman–Crippen MR) is 73.0 cm³/mol. The van der Waals surface area contributed by atoms with E-state index in [9.17, 15) is 0 Å². The third-order valence-electron chi connectivity index (χ3n) is 3.37. The standard InChI is InChI=1S/C14H21NS/c1-11-5-3-6-12(9-11)10-16-14-8-4-7-13(14)15-2/h3,5-6,9,13-15H,4,7-8,10H2,1-2H3. The van der Waals surface area contributed by atoms with E-state index in [2.05, 4.69) is 55.3 Å². The van der Waals surface area contributed by atoms with Crippen molar-refractivity contribution < 1.29 is 0 Å². The van der Waals surface area contributed by atoms with E-state index in [1.54, 1.807) is 0 Å². The molecule has 2 atom stereocenters. The van der Waals surface area contributed by atoms with Gasteiger partial charge in [0, 0.05) is 17.0 Å². The summed E-state index contributed by atoms with van der Waals surface area (Å²) >= 11 is 2.12. The fourth-order valence-electron chi connectivity index (χ4n) is 2.46. The summed E-state index contributed by atoms with van der Waals surface area (Å²) in [5.41, 5.74) is 2.83. The maximum absolute atomic E-state index is 3.44. The number of nitrogens with one attached hydrogen (secondary N) is 1. The largest absolute Gasteiger partial charge is 0.316 e. The van der Waals surface area contributed by atoms with Crippen LogP contribution >= 0.6 is 11.8 Å². The third kappa shape index (κ3) is 3.02. The molecule has 1 aromatic carbocycles. The van der Waals surface area contributed by atoms with Crippen molar-refractivity contribution in [2.75, 3.05) is 7.05 Å². The Morgan fingerprint density at radius 1 is 1.38 bits per heavy atom. The Balaban J connectivity index is 1.87. The zero-order valence-corrected chi connectivity index (χ0v) is 11.0. The van der Waals surface area contributed by atoms with Gasteiger partial charge in [-0.1, -0.05) is 36.2 Å². The van der Waals surface area contributed by atoms with E-state index < -0.39 is 0 Å². The van der Waals surface area contributed by atoms with Crippen molar-refractivity contribution in [3.63, 3.8) is 0 Å². The zero-order chi connectivity index (χ0) is 11.4. The van der Waals surface area contributed by atoms with Crippen LogP contribution in [-0.2, 0) is 5.75 Å². The lowest BCUT2D eigenvalue weighted by Crippen LogP contribution is -2.30. The molecule has 2 rings (SSSR count). The summed E-state index contributed by atoms with van der Waals surface area (Å²) in [4.78, 5) is 0. The van der Waals surface area contributed by atoms with Crippen LogP contribution in [-0.4, -0.2) is 18.3 Å². The highest BCUT2D eigenvalue weighted by Crippen LogP contribution is 2.32. The molecule has 16 heavy (non-hydrogen) atoms. The Morgan fingerprint density at radius 2 is 2.25 bits per heavy atom. The highest BCUT2D eigenvalue weighted by molar-refractivity contribution is 7.99. The molecule has 0 spiro atoms. The smallest absolute Gasteiger partial charge is 0.0204 e. The van der Waals surface area contributed by atoms with Gasteiger partial charge in [0.1, 0.15) is 0 Å². The molecule has 1 saturated carbocycles. The van der Waals surface area contributed by atoms with Crippen molar-refractivity contribution in [2.24, 2.45) is 0 Å². The zero-order valence-electron chi connectivity index (χ0n) is 10.2. The first-order chi connectivity index (χ1) is 7.79. The molecule has 1 nitrogen and oxygen atoms in total. The predicted octanol–water partition coefficient (Wildman–Crippen LogP) is 3.37. The summed E-state index contributed by atoms with van der Waals surface area (Å²) < 4.78 is 0. The molecule has 0 bridgehead atoms. The van der Waals surface area contributed by atoms with E-state index in [1.165, 1.54) is 30.4 Å². The van der Waals surface area contributed by atoms with Crippen LogP contribution < -0.4 is 5.32 Å².